The molecule has 2 aromatic rings. The van der Waals surface area contributed by atoms with Gasteiger partial charge in [-0.05, 0) is 65.6 Å². The molecule has 0 amide bonds. The first-order chi connectivity index (χ1) is 13.3. The third-order valence-electron chi connectivity index (χ3n) is 5.43. The summed E-state index contributed by atoms with van der Waals surface area (Å²) < 4.78 is 11.3. The SMILES string of the molecule is CCCCOCCOc1ccc(-c2ccc(C3CCCC3)c(CO)c2)cc1. The van der Waals surface area contributed by atoms with Crippen molar-refractivity contribution in [3.63, 3.8) is 0 Å². The van der Waals surface area contributed by atoms with E-state index < -0.39 is 0 Å². The molecule has 27 heavy (non-hydrogen) atoms. The van der Waals surface area contributed by atoms with Crippen molar-refractivity contribution in [1.82, 2.24) is 0 Å². The molecule has 0 radical (unpaired) electrons. The van der Waals surface area contributed by atoms with Gasteiger partial charge in [0.2, 0.25) is 0 Å². The monoisotopic (exact) mass is 368 g/mol. The van der Waals surface area contributed by atoms with Gasteiger partial charge in [0.05, 0.1) is 13.2 Å². The number of rotatable bonds is 10. The summed E-state index contributed by atoms with van der Waals surface area (Å²) in [5.41, 5.74) is 4.70. The fourth-order valence-electron chi connectivity index (χ4n) is 3.87. The standard InChI is InChI=1S/C24H32O3/c1-2-3-14-26-15-16-27-23-11-8-19(9-12-23)21-10-13-24(22(17-21)18-25)20-6-4-5-7-20/h8-13,17,20,25H,2-7,14-16,18H2,1H3. The third kappa shape index (κ3) is 5.57. The minimum Gasteiger partial charge on any atom is -0.491 e. The highest BCUT2D eigenvalue weighted by molar-refractivity contribution is 5.66. The Kier molecular flexibility index (Phi) is 7.73. The normalized spacial score (nSPS) is 14.6. The average Bonchev–Trinajstić information content (AvgIpc) is 3.25. The highest BCUT2D eigenvalue weighted by Crippen LogP contribution is 2.37. The van der Waals surface area contributed by atoms with E-state index in [9.17, 15) is 5.11 Å². The van der Waals surface area contributed by atoms with Gasteiger partial charge in [-0.3, -0.25) is 0 Å². The van der Waals surface area contributed by atoms with Crippen LogP contribution in [0.15, 0.2) is 42.5 Å². The van der Waals surface area contributed by atoms with Crippen LogP contribution in [0.1, 0.15) is 62.5 Å². The van der Waals surface area contributed by atoms with E-state index in [1.54, 1.807) is 0 Å². The zero-order valence-corrected chi connectivity index (χ0v) is 16.5. The Balaban J connectivity index is 1.59. The van der Waals surface area contributed by atoms with Crippen molar-refractivity contribution < 1.29 is 14.6 Å². The number of ether oxygens (including phenoxy) is 2. The molecule has 2 aromatic carbocycles. The van der Waals surface area contributed by atoms with Crippen molar-refractivity contribution in [1.29, 1.82) is 0 Å². The Hall–Kier alpha value is -1.84. The van der Waals surface area contributed by atoms with E-state index in [0.717, 1.165) is 41.9 Å². The molecule has 1 aliphatic rings. The van der Waals surface area contributed by atoms with Gasteiger partial charge in [0.15, 0.2) is 0 Å². The van der Waals surface area contributed by atoms with E-state index in [0.29, 0.717) is 19.1 Å². The smallest absolute Gasteiger partial charge is 0.119 e. The molecule has 3 nitrogen and oxygen atoms in total. The number of hydrogen-bond donors (Lipinski definition) is 1. The molecule has 1 saturated carbocycles. The molecule has 0 bridgehead atoms. The highest BCUT2D eigenvalue weighted by atomic mass is 16.5. The summed E-state index contributed by atoms with van der Waals surface area (Å²) in [5.74, 6) is 1.49. The average molecular weight is 369 g/mol. The Bertz CT molecular complexity index is 687. The summed E-state index contributed by atoms with van der Waals surface area (Å²) in [6, 6.07) is 14.7. The van der Waals surface area contributed by atoms with Crippen LogP contribution in [0.25, 0.3) is 11.1 Å². The Morgan fingerprint density at radius 3 is 2.37 bits per heavy atom. The molecule has 3 rings (SSSR count). The molecule has 1 aliphatic carbocycles. The van der Waals surface area contributed by atoms with Crippen molar-refractivity contribution in [3.8, 4) is 16.9 Å². The lowest BCUT2D eigenvalue weighted by atomic mass is 9.90. The minimum atomic E-state index is 0.110. The molecule has 0 atom stereocenters. The van der Waals surface area contributed by atoms with Crippen molar-refractivity contribution in [3.05, 3.63) is 53.6 Å². The van der Waals surface area contributed by atoms with Gasteiger partial charge >= 0.3 is 0 Å². The molecule has 3 heteroatoms. The zero-order chi connectivity index (χ0) is 18.9. The summed E-state index contributed by atoms with van der Waals surface area (Å²) in [6.07, 6.45) is 7.37. The Morgan fingerprint density at radius 1 is 0.926 bits per heavy atom. The fraction of sp³-hybridized carbons (Fsp3) is 0.500. The van der Waals surface area contributed by atoms with Gasteiger partial charge in [0.1, 0.15) is 12.4 Å². The van der Waals surface area contributed by atoms with Gasteiger partial charge in [-0.1, -0.05) is 50.5 Å². The first kappa shape index (κ1) is 19.9. The number of hydrogen-bond acceptors (Lipinski definition) is 3. The number of aliphatic hydroxyl groups excluding tert-OH is 1. The molecule has 0 aliphatic heterocycles. The summed E-state index contributed by atoms with van der Waals surface area (Å²) >= 11 is 0. The van der Waals surface area contributed by atoms with Crippen molar-refractivity contribution in [2.24, 2.45) is 0 Å². The second-order valence-corrected chi connectivity index (χ2v) is 7.39. The van der Waals surface area contributed by atoms with Crippen LogP contribution in [-0.2, 0) is 11.3 Å². The second kappa shape index (κ2) is 10.5. The molecule has 1 fully saturated rings. The molecule has 0 spiro atoms. The van der Waals surface area contributed by atoms with E-state index in [1.807, 2.05) is 12.1 Å². The van der Waals surface area contributed by atoms with Crippen LogP contribution in [0.2, 0.25) is 0 Å². The van der Waals surface area contributed by atoms with Crippen LogP contribution in [-0.4, -0.2) is 24.9 Å². The predicted octanol–water partition coefficient (Wildman–Crippen LogP) is 5.70. The maximum absolute atomic E-state index is 9.84. The molecule has 146 valence electrons. The molecule has 0 aromatic heterocycles. The predicted molar refractivity (Wildman–Crippen MR) is 110 cm³/mol. The van der Waals surface area contributed by atoms with E-state index in [2.05, 4.69) is 37.3 Å². The van der Waals surface area contributed by atoms with Crippen molar-refractivity contribution >= 4 is 0 Å². The van der Waals surface area contributed by atoms with Crippen LogP contribution in [0.3, 0.4) is 0 Å². The Morgan fingerprint density at radius 2 is 1.67 bits per heavy atom. The number of unbranched alkanes of at least 4 members (excludes halogenated alkanes) is 1. The first-order valence-corrected chi connectivity index (χ1v) is 10.4. The van der Waals surface area contributed by atoms with Crippen LogP contribution in [0.5, 0.6) is 5.75 Å². The van der Waals surface area contributed by atoms with Crippen LogP contribution >= 0.6 is 0 Å². The lowest BCUT2D eigenvalue weighted by Crippen LogP contribution is -2.07. The minimum absolute atomic E-state index is 0.110. The van der Waals surface area contributed by atoms with E-state index in [-0.39, 0.29) is 6.61 Å². The summed E-state index contributed by atoms with van der Waals surface area (Å²) in [7, 11) is 0. The third-order valence-corrected chi connectivity index (χ3v) is 5.43. The van der Waals surface area contributed by atoms with E-state index in [1.165, 1.54) is 31.2 Å². The van der Waals surface area contributed by atoms with E-state index in [4.69, 9.17) is 9.47 Å². The number of benzene rings is 2. The van der Waals surface area contributed by atoms with Gasteiger partial charge < -0.3 is 14.6 Å². The maximum Gasteiger partial charge on any atom is 0.119 e. The van der Waals surface area contributed by atoms with Crippen molar-refractivity contribution in [2.45, 2.75) is 58.0 Å². The summed E-state index contributed by atoms with van der Waals surface area (Å²) in [4.78, 5) is 0. The van der Waals surface area contributed by atoms with Gasteiger partial charge in [-0.25, -0.2) is 0 Å². The molecule has 1 N–H and O–H groups in total. The van der Waals surface area contributed by atoms with Crippen LogP contribution < -0.4 is 4.74 Å². The molecule has 0 unspecified atom stereocenters. The van der Waals surface area contributed by atoms with E-state index >= 15 is 0 Å². The molecule has 0 saturated heterocycles. The van der Waals surface area contributed by atoms with Crippen LogP contribution in [0.4, 0.5) is 0 Å². The molecule has 0 heterocycles. The summed E-state index contributed by atoms with van der Waals surface area (Å²) in [5, 5.41) is 9.84. The van der Waals surface area contributed by atoms with Gasteiger partial charge in [-0.15, -0.1) is 0 Å². The van der Waals surface area contributed by atoms with Gasteiger partial charge in [0.25, 0.3) is 0 Å². The van der Waals surface area contributed by atoms with Crippen molar-refractivity contribution in [2.75, 3.05) is 19.8 Å². The zero-order valence-electron chi connectivity index (χ0n) is 16.5. The Labute approximate surface area is 163 Å². The lowest BCUT2D eigenvalue weighted by molar-refractivity contribution is 0.0981. The quantitative estimate of drug-likeness (QED) is 0.547. The summed E-state index contributed by atoms with van der Waals surface area (Å²) in [6.45, 7) is 4.28. The first-order valence-electron chi connectivity index (χ1n) is 10.4. The lowest BCUT2D eigenvalue weighted by Gasteiger charge is -2.16. The van der Waals surface area contributed by atoms with Crippen LogP contribution in [0, 0.1) is 0 Å². The second-order valence-electron chi connectivity index (χ2n) is 7.39. The van der Waals surface area contributed by atoms with Gasteiger partial charge in [-0.2, -0.15) is 0 Å². The fourth-order valence-corrected chi connectivity index (χ4v) is 3.87. The highest BCUT2D eigenvalue weighted by Gasteiger charge is 2.19. The maximum atomic E-state index is 9.84. The molecular weight excluding hydrogens is 336 g/mol. The molecular formula is C24H32O3. The van der Waals surface area contributed by atoms with Gasteiger partial charge in [0, 0.05) is 6.61 Å². The topological polar surface area (TPSA) is 38.7 Å². The largest absolute Gasteiger partial charge is 0.491 e. The number of aliphatic hydroxyl groups is 1.